The van der Waals surface area contributed by atoms with Crippen molar-refractivity contribution in [1.82, 2.24) is 10.6 Å². The van der Waals surface area contributed by atoms with Crippen LogP contribution < -0.4 is 10.6 Å². The van der Waals surface area contributed by atoms with Crippen LogP contribution in [-0.2, 0) is 9.53 Å². The summed E-state index contributed by atoms with van der Waals surface area (Å²) in [4.78, 5) is 11.6. The lowest BCUT2D eigenvalue weighted by molar-refractivity contribution is -0.123. The van der Waals surface area contributed by atoms with Crippen molar-refractivity contribution in [1.29, 1.82) is 0 Å². The molecule has 0 aromatic rings. The summed E-state index contributed by atoms with van der Waals surface area (Å²) in [6.45, 7) is 2.75. The molecule has 3 unspecified atom stereocenters. The Labute approximate surface area is 108 Å². The van der Waals surface area contributed by atoms with Crippen LogP contribution in [-0.4, -0.2) is 49.5 Å². The number of ether oxygens (including phenoxy) is 1. The second kappa shape index (κ2) is 7.16. The number of hydrogen-bond donors (Lipinski definition) is 3. The van der Waals surface area contributed by atoms with Crippen molar-refractivity contribution < 1.29 is 14.6 Å². The van der Waals surface area contributed by atoms with Gasteiger partial charge in [-0.15, -0.1) is 12.4 Å². The zero-order valence-corrected chi connectivity index (χ0v) is 10.7. The number of amides is 1. The van der Waals surface area contributed by atoms with Crippen molar-refractivity contribution in [2.75, 3.05) is 26.2 Å². The van der Waals surface area contributed by atoms with Crippen LogP contribution in [0.1, 0.15) is 19.3 Å². The fourth-order valence-electron chi connectivity index (χ4n) is 2.26. The second-order valence-electron chi connectivity index (χ2n) is 4.63. The lowest BCUT2D eigenvalue weighted by Crippen LogP contribution is -2.35. The van der Waals surface area contributed by atoms with E-state index in [9.17, 15) is 9.90 Å². The number of hydrogen-bond acceptors (Lipinski definition) is 4. The predicted octanol–water partition coefficient (Wildman–Crippen LogP) is -0.326. The monoisotopic (exact) mass is 264 g/mol. The molecule has 2 saturated heterocycles. The van der Waals surface area contributed by atoms with Gasteiger partial charge in [0.2, 0.25) is 5.91 Å². The van der Waals surface area contributed by atoms with Gasteiger partial charge in [0.15, 0.2) is 0 Å². The number of rotatable bonds is 4. The minimum atomic E-state index is -0.331. The van der Waals surface area contributed by atoms with Gasteiger partial charge in [-0.1, -0.05) is 0 Å². The van der Waals surface area contributed by atoms with Crippen molar-refractivity contribution in [3.63, 3.8) is 0 Å². The third kappa shape index (κ3) is 4.43. The Morgan fingerprint density at radius 2 is 2.29 bits per heavy atom. The minimum absolute atomic E-state index is 0. The molecular weight excluding hydrogens is 244 g/mol. The Bertz CT molecular complexity index is 247. The number of β-amino-alcohol motifs (C(OH)–C–C–N with tert-alkyl or cyclic N) is 1. The Kier molecular flexibility index (Phi) is 6.19. The van der Waals surface area contributed by atoms with Gasteiger partial charge in [0, 0.05) is 32.2 Å². The summed E-state index contributed by atoms with van der Waals surface area (Å²) in [5.41, 5.74) is 0. The molecule has 2 aliphatic heterocycles. The number of halogens is 1. The highest BCUT2D eigenvalue weighted by atomic mass is 35.5. The molecule has 0 aliphatic carbocycles. The maximum absolute atomic E-state index is 11.6. The first kappa shape index (κ1) is 14.7. The summed E-state index contributed by atoms with van der Waals surface area (Å²) in [5.74, 6) is 0.180. The van der Waals surface area contributed by atoms with E-state index in [1.807, 2.05) is 0 Å². The average molecular weight is 265 g/mol. The molecule has 0 saturated carbocycles. The van der Waals surface area contributed by atoms with Crippen LogP contribution in [0, 0.1) is 5.92 Å². The molecule has 0 aromatic carbocycles. The zero-order valence-electron chi connectivity index (χ0n) is 9.85. The Morgan fingerprint density at radius 1 is 1.47 bits per heavy atom. The lowest BCUT2D eigenvalue weighted by Gasteiger charge is -2.15. The number of carbonyl (C=O) groups is 1. The molecule has 100 valence electrons. The topological polar surface area (TPSA) is 70.6 Å². The summed E-state index contributed by atoms with van der Waals surface area (Å²) in [7, 11) is 0. The minimum Gasteiger partial charge on any atom is -0.391 e. The first-order chi connectivity index (χ1) is 7.75. The van der Waals surface area contributed by atoms with Crippen molar-refractivity contribution in [2.24, 2.45) is 5.92 Å². The highest BCUT2D eigenvalue weighted by molar-refractivity contribution is 5.85. The van der Waals surface area contributed by atoms with E-state index in [-0.39, 0.29) is 36.4 Å². The van der Waals surface area contributed by atoms with Crippen LogP contribution >= 0.6 is 12.4 Å². The van der Waals surface area contributed by atoms with E-state index >= 15 is 0 Å². The Hall–Kier alpha value is -0.360. The van der Waals surface area contributed by atoms with Crippen LogP contribution in [0.4, 0.5) is 0 Å². The van der Waals surface area contributed by atoms with E-state index in [1.165, 1.54) is 0 Å². The summed E-state index contributed by atoms with van der Waals surface area (Å²) >= 11 is 0. The smallest absolute Gasteiger partial charge is 0.222 e. The van der Waals surface area contributed by atoms with Crippen molar-refractivity contribution >= 4 is 18.3 Å². The second-order valence-corrected chi connectivity index (χ2v) is 4.63. The molecule has 3 atom stereocenters. The van der Waals surface area contributed by atoms with Crippen LogP contribution in [0.15, 0.2) is 0 Å². The van der Waals surface area contributed by atoms with Gasteiger partial charge in [-0.3, -0.25) is 4.79 Å². The first-order valence-electron chi connectivity index (χ1n) is 6.03. The predicted molar refractivity (Wildman–Crippen MR) is 66.2 cm³/mol. The number of carbonyl (C=O) groups excluding carboxylic acids is 1. The summed E-state index contributed by atoms with van der Waals surface area (Å²) in [5, 5.41) is 15.5. The van der Waals surface area contributed by atoms with E-state index < -0.39 is 0 Å². The molecule has 2 heterocycles. The molecule has 0 radical (unpaired) electrons. The highest BCUT2D eigenvalue weighted by Crippen LogP contribution is 2.15. The Morgan fingerprint density at radius 3 is 2.88 bits per heavy atom. The third-order valence-corrected chi connectivity index (χ3v) is 3.30. The quantitative estimate of drug-likeness (QED) is 0.651. The molecule has 0 spiro atoms. The molecule has 6 heteroatoms. The molecule has 3 N–H and O–H groups in total. The van der Waals surface area contributed by atoms with Crippen LogP contribution in [0.25, 0.3) is 0 Å². The fourth-order valence-corrected chi connectivity index (χ4v) is 2.26. The third-order valence-electron chi connectivity index (χ3n) is 3.30. The largest absolute Gasteiger partial charge is 0.391 e. The van der Waals surface area contributed by atoms with E-state index in [0.29, 0.717) is 19.5 Å². The van der Waals surface area contributed by atoms with Crippen molar-refractivity contribution in [3.8, 4) is 0 Å². The fraction of sp³-hybridized carbons (Fsp3) is 0.909. The van der Waals surface area contributed by atoms with E-state index in [4.69, 9.17) is 4.74 Å². The van der Waals surface area contributed by atoms with Crippen LogP contribution in [0.5, 0.6) is 0 Å². The molecule has 0 aromatic heterocycles. The van der Waals surface area contributed by atoms with Gasteiger partial charge >= 0.3 is 0 Å². The van der Waals surface area contributed by atoms with Crippen molar-refractivity contribution in [3.05, 3.63) is 0 Å². The maximum atomic E-state index is 11.6. The molecule has 2 rings (SSSR count). The molecule has 0 bridgehead atoms. The van der Waals surface area contributed by atoms with E-state index in [2.05, 4.69) is 10.6 Å². The first-order valence-corrected chi connectivity index (χ1v) is 6.03. The molecule has 5 nitrogen and oxygen atoms in total. The molecule has 2 fully saturated rings. The zero-order chi connectivity index (χ0) is 11.4. The summed E-state index contributed by atoms with van der Waals surface area (Å²) in [6, 6.07) is 0. The van der Waals surface area contributed by atoms with Gasteiger partial charge in [0.25, 0.3) is 0 Å². The van der Waals surface area contributed by atoms with Crippen LogP contribution in [0.3, 0.4) is 0 Å². The number of aliphatic hydroxyl groups is 1. The van der Waals surface area contributed by atoms with Crippen LogP contribution in [0.2, 0.25) is 0 Å². The lowest BCUT2D eigenvalue weighted by atomic mass is 10.1. The van der Waals surface area contributed by atoms with Gasteiger partial charge in [-0.05, 0) is 12.8 Å². The standard InChI is InChI=1S/C11H20N2O3.ClH/c14-10-7-12-5-8(10)6-13-11(15)4-9-2-1-3-16-9;/h8-10,12,14H,1-7H2,(H,13,15);1H. The SMILES string of the molecule is Cl.O=C(CC1CCCO1)NCC1CNCC1O. The highest BCUT2D eigenvalue weighted by Gasteiger charge is 2.25. The average Bonchev–Trinajstić information content (AvgIpc) is 2.87. The van der Waals surface area contributed by atoms with Gasteiger partial charge in [0.1, 0.15) is 0 Å². The number of nitrogens with one attached hydrogen (secondary N) is 2. The van der Waals surface area contributed by atoms with Gasteiger partial charge in [-0.2, -0.15) is 0 Å². The molecule has 2 aliphatic rings. The Balaban J connectivity index is 0.00000144. The summed E-state index contributed by atoms with van der Waals surface area (Å²) in [6.07, 6.45) is 2.27. The van der Waals surface area contributed by atoms with E-state index in [0.717, 1.165) is 26.0 Å². The van der Waals surface area contributed by atoms with Gasteiger partial charge < -0.3 is 20.5 Å². The van der Waals surface area contributed by atoms with Gasteiger partial charge in [-0.25, -0.2) is 0 Å². The molecule has 17 heavy (non-hydrogen) atoms. The molecule has 1 amide bonds. The van der Waals surface area contributed by atoms with E-state index in [1.54, 1.807) is 0 Å². The van der Waals surface area contributed by atoms with Gasteiger partial charge in [0.05, 0.1) is 18.6 Å². The normalized spacial score (nSPS) is 32.2. The number of aliphatic hydroxyl groups excluding tert-OH is 1. The maximum Gasteiger partial charge on any atom is 0.222 e. The van der Waals surface area contributed by atoms with Crippen molar-refractivity contribution in [2.45, 2.75) is 31.5 Å². The summed E-state index contributed by atoms with van der Waals surface area (Å²) < 4.78 is 5.39. The molecular formula is C11H21ClN2O3.